The highest BCUT2D eigenvalue weighted by atomic mass is 32.2. The maximum absolute atomic E-state index is 13.5. The average Bonchev–Trinajstić information content (AvgIpc) is 2.92. The van der Waals surface area contributed by atoms with Crippen LogP contribution < -0.4 is 10.1 Å². The standard InChI is InChI=1S/C26H21F2N5O2S/c1-35-23-13-31-22(25(27)28)11-17(23)16-10-21(20-4-2-3-8-29-20)30-12-18(16)26(34)33-24-6-5-15-14-36-9-7-19(15)32-24/h2-6,8,10-13,25H,7,9,14H2,1H3,(H,32,33,34). The van der Waals surface area contributed by atoms with Gasteiger partial charge in [-0.25, -0.2) is 13.8 Å². The van der Waals surface area contributed by atoms with E-state index in [1.54, 1.807) is 30.5 Å². The molecule has 1 aliphatic heterocycles. The van der Waals surface area contributed by atoms with Gasteiger partial charge in [0.15, 0.2) is 0 Å². The number of fused-ring (bicyclic) bond motifs is 1. The van der Waals surface area contributed by atoms with Gasteiger partial charge in [-0.3, -0.25) is 19.7 Å². The molecule has 1 aliphatic rings. The number of pyridine rings is 4. The number of aryl methyl sites for hydroxylation is 1. The third-order valence-electron chi connectivity index (χ3n) is 5.75. The van der Waals surface area contributed by atoms with E-state index in [0.717, 1.165) is 29.2 Å². The number of carbonyl (C=O) groups is 1. The summed E-state index contributed by atoms with van der Waals surface area (Å²) in [4.78, 5) is 30.6. The number of hydrogen-bond donors (Lipinski definition) is 1. The van der Waals surface area contributed by atoms with E-state index in [2.05, 4.69) is 25.3 Å². The molecule has 182 valence electrons. The van der Waals surface area contributed by atoms with Crippen molar-refractivity contribution < 1.29 is 18.3 Å². The van der Waals surface area contributed by atoms with Crippen molar-refractivity contribution in [3.8, 4) is 28.3 Å². The molecule has 0 aromatic carbocycles. The minimum Gasteiger partial charge on any atom is -0.494 e. The molecule has 0 spiro atoms. The monoisotopic (exact) mass is 505 g/mol. The summed E-state index contributed by atoms with van der Waals surface area (Å²) in [5.41, 5.74) is 3.57. The van der Waals surface area contributed by atoms with E-state index in [9.17, 15) is 13.6 Å². The van der Waals surface area contributed by atoms with Gasteiger partial charge in [0, 0.05) is 35.0 Å². The number of alkyl halides is 2. The molecule has 4 aromatic rings. The molecule has 0 atom stereocenters. The third kappa shape index (κ3) is 4.90. The summed E-state index contributed by atoms with van der Waals surface area (Å²) in [5.74, 6) is 2.07. The minimum atomic E-state index is -2.79. The normalized spacial score (nSPS) is 12.8. The van der Waals surface area contributed by atoms with E-state index >= 15 is 0 Å². The molecule has 1 N–H and O–H groups in total. The highest BCUT2D eigenvalue weighted by molar-refractivity contribution is 7.98. The molecule has 0 bridgehead atoms. The van der Waals surface area contributed by atoms with Crippen molar-refractivity contribution in [3.63, 3.8) is 0 Å². The molecule has 10 heteroatoms. The predicted molar refractivity (Wildman–Crippen MR) is 134 cm³/mol. The molecule has 0 radical (unpaired) electrons. The second-order valence-corrected chi connectivity index (χ2v) is 9.10. The molecule has 36 heavy (non-hydrogen) atoms. The zero-order chi connectivity index (χ0) is 25.1. The van der Waals surface area contributed by atoms with Crippen LogP contribution >= 0.6 is 11.8 Å². The smallest absolute Gasteiger partial charge is 0.280 e. The molecule has 0 fully saturated rings. The van der Waals surface area contributed by atoms with Gasteiger partial charge in [0.25, 0.3) is 12.3 Å². The molecular formula is C26H21F2N5O2S. The van der Waals surface area contributed by atoms with Crippen molar-refractivity contribution >= 4 is 23.5 Å². The van der Waals surface area contributed by atoms with Crippen LogP contribution in [-0.4, -0.2) is 38.7 Å². The van der Waals surface area contributed by atoms with Crippen molar-refractivity contribution in [2.24, 2.45) is 0 Å². The van der Waals surface area contributed by atoms with Crippen molar-refractivity contribution in [1.82, 2.24) is 19.9 Å². The van der Waals surface area contributed by atoms with E-state index in [-0.39, 0.29) is 11.3 Å². The Hall–Kier alpha value is -3.92. The van der Waals surface area contributed by atoms with E-state index in [4.69, 9.17) is 4.74 Å². The van der Waals surface area contributed by atoms with Crippen LogP contribution in [0.1, 0.15) is 33.7 Å². The highest BCUT2D eigenvalue weighted by Gasteiger charge is 2.22. The summed E-state index contributed by atoms with van der Waals surface area (Å²) >= 11 is 1.85. The molecule has 1 amide bonds. The Morgan fingerprint density at radius 2 is 1.94 bits per heavy atom. The number of aromatic nitrogens is 4. The summed E-state index contributed by atoms with van der Waals surface area (Å²) < 4.78 is 32.4. The Morgan fingerprint density at radius 1 is 1.06 bits per heavy atom. The van der Waals surface area contributed by atoms with Gasteiger partial charge in [0.05, 0.1) is 30.3 Å². The molecule has 7 nitrogen and oxygen atoms in total. The first kappa shape index (κ1) is 23.8. The van der Waals surface area contributed by atoms with Crippen molar-refractivity contribution in [3.05, 3.63) is 83.6 Å². The van der Waals surface area contributed by atoms with Crippen molar-refractivity contribution in [2.75, 3.05) is 18.2 Å². The van der Waals surface area contributed by atoms with Crippen LogP contribution in [0.3, 0.4) is 0 Å². The molecule has 0 saturated carbocycles. The molecule has 0 aliphatic carbocycles. The summed E-state index contributed by atoms with van der Waals surface area (Å²) in [6.45, 7) is 0. The second-order valence-electron chi connectivity index (χ2n) is 8.00. The number of thioether (sulfide) groups is 1. The SMILES string of the molecule is COc1cnc(C(F)F)cc1-c1cc(-c2ccccn2)ncc1C(=O)Nc1ccc2c(n1)CCSC2. The van der Waals surface area contributed by atoms with Crippen LogP contribution in [0.25, 0.3) is 22.5 Å². The fourth-order valence-corrected chi connectivity index (χ4v) is 4.91. The van der Waals surface area contributed by atoms with Crippen LogP contribution in [0.5, 0.6) is 5.75 Å². The third-order valence-corrected chi connectivity index (χ3v) is 6.76. The van der Waals surface area contributed by atoms with E-state index in [1.165, 1.54) is 25.6 Å². The van der Waals surface area contributed by atoms with Gasteiger partial charge in [-0.15, -0.1) is 0 Å². The van der Waals surface area contributed by atoms with E-state index in [0.29, 0.717) is 28.3 Å². The Balaban J connectivity index is 1.59. The van der Waals surface area contributed by atoms with Crippen LogP contribution in [0, 0.1) is 0 Å². The van der Waals surface area contributed by atoms with Crippen molar-refractivity contribution in [1.29, 1.82) is 0 Å². The Bertz CT molecular complexity index is 1420. The van der Waals surface area contributed by atoms with Crippen LogP contribution in [0.4, 0.5) is 14.6 Å². The van der Waals surface area contributed by atoms with Gasteiger partial charge in [0.1, 0.15) is 17.3 Å². The van der Waals surface area contributed by atoms with Crippen LogP contribution in [0.2, 0.25) is 0 Å². The maximum Gasteiger partial charge on any atom is 0.280 e. The number of hydrogen-bond acceptors (Lipinski definition) is 7. The molecule has 4 aromatic heterocycles. The number of methoxy groups -OCH3 is 1. The summed E-state index contributed by atoms with van der Waals surface area (Å²) in [5, 5.41) is 2.84. The second kappa shape index (κ2) is 10.4. The molecule has 0 unspecified atom stereocenters. The first-order chi connectivity index (χ1) is 17.5. The Morgan fingerprint density at radius 3 is 2.72 bits per heavy atom. The quantitative estimate of drug-likeness (QED) is 0.365. The maximum atomic E-state index is 13.5. The number of amides is 1. The first-order valence-corrected chi connectivity index (χ1v) is 12.3. The topological polar surface area (TPSA) is 89.9 Å². The van der Waals surface area contributed by atoms with Gasteiger partial charge in [-0.05, 0) is 48.1 Å². The number of nitrogens with one attached hydrogen (secondary N) is 1. The van der Waals surface area contributed by atoms with Gasteiger partial charge >= 0.3 is 0 Å². The predicted octanol–water partition coefficient (Wildman–Crippen LogP) is 5.59. The van der Waals surface area contributed by atoms with E-state index < -0.39 is 18.0 Å². The summed E-state index contributed by atoms with van der Waals surface area (Å²) in [6, 6.07) is 12.0. The summed E-state index contributed by atoms with van der Waals surface area (Å²) in [6.07, 6.45) is 2.30. The Labute approximate surface area is 210 Å². The number of nitrogens with zero attached hydrogens (tertiary/aromatic N) is 4. The highest BCUT2D eigenvalue weighted by Crippen LogP contribution is 2.36. The average molecular weight is 506 g/mol. The lowest BCUT2D eigenvalue weighted by Crippen LogP contribution is -2.16. The first-order valence-electron chi connectivity index (χ1n) is 11.2. The zero-order valence-electron chi connectivity index (χ0n) is 19.2. The van der Waals surface area contributed by atoms with E-state index in [1.807, 2.05) is 23.9 Å². The van der Waals surface area contributed by atoms with Gasteiger partial charge in [0.2, 0.25) is 0 Å². The van der Waals surface area contributed by atoms with Gasteiger partial charge in [-0.2, -0.15) is 11.8 Å². The minimum absolute atomic E-state index is 0.175. The van der Waals surface area contributed by atoms with Gasteiger partial charge < -0.3 is 10.1 Å². The van der Waals surface area contributed by atoms with Crippen molar-refractivity contribution in [2.45, 2.75) is 18.6 Å². The molecular weight excluding hydrogens is 484 g/mol. The fraction of sp³-hybridized carbons (Fsp3) is 0.192. The van der Waals surface area contributed by atoms with Gasteiger partial charge in [-0.1, -0.05) is 12.1 Å². The lowest BCUT2D eigenvalue weighted by molar-refractivity contribution is 0.102. The molecule has 5 rings (SSSR count). The lowest BCUT2D eigenvalue weighted by Gasteiger charge is -2.17. The fourth-order valence-electron chi connectivity index (χ4n) is 3.95. The molecule has 5 heterocycles. The number of halogens is 2. The molecule has 0 saturated heterocycles. The van der Waals surface area contributed by atoms with Crippen LogP contribution in [0.15, 0.2) is 61.1 Å². The lowest BCUT2D eigenvalue weighted by atomic mass is 9.98. The largest absolute Gasteiger partial charge is 0.494 e. The number of anilines is 1. The number of carbonyl (C=O) groups excluding carboxylic acids is 1. The number of ether oxygens (including phenoxy) is 1. The Kier molecular flexibility index (Phi) is 6.86. The number of rotatable bonds is 6. The zero-order valence-corrected chi connectivity index (χ0v) is 20.1. The van der Waals surface area contributed by atoms with Crippen LogP contribution in [-0.2, 0) is 12.2 Å². The summed E-state index contributed by atoms with van der Waals surface area (Å²) in [7, 11) is 1.42.